The first-order chi connectivity index (χ1) is 11.0. The van der Waals surface area contributed by atoms with Crippen LogP contribution in [-0.4, -0.2) is 22.9 Å². The average Bonchev–Trinajstić information content (AvgIpc) is 2.96. The van der Waals surface area contributed by atoms with Crippen LogP contribution in [0.1, 0.15) is 17.3 Å². The quantitative estimate of drug-likeness (QED) is 0.793. The van der Waals surface area contributed by atoms with Crippen LogP contribution < -0.4 is 4.90 Å². The van der Waals surface area contributed by atoms with Crippen molar-refractivity contribution in [3.63, 3.8) is 0 Å². The second-order valence-electron chi connectivity index (χ2n) is 5.20. The fourth-order valence-corrected chi connectivity index (χ4v) is 3.37. The summed E-state index contributed by atoms with van der Waals surface area (Å²) >= 11 is 7.46. The fourth-order valence-electron chi connectivity index (χ4n) is 2.21. The van der Waals surface area contributed by atoms with E-state index >= 15 is 0 Å². The standard InChI is InChI=1S/C17H14ClFN2OS/c1-11-10-23-17(20-11)21(15-8-4-13(18)5-9-15)16(22)12-2-6-14(19)7-3-12/h2-9,11H,10H2,1H3/t11-/m0/s1. The lowest BCUT2D eigenvalue weighted by Gasteiger charge is -2.22. The van der Waals surface area contributed by atoms with Crippen molar-refractivity contribution in [2.75, 3.05) is 10.7 Å². The van der Waals surface area contributed by atoms with Crippen LogP contribution >= 0.6 is 23.4 Å². The number of carbonyl (C=O) groups is 1. The van der Waals surface area contributed by atoms with E-state index < -0.39 is 0 Å². The monoisotopic (exact) mass is 348 g/mol. The predicted molar refractivity (Wildman–Crippen MR) is 94.0 cm³/mol. The Hall–Kier alpha value is -1.85. The third-order valence-electron chi connectivity index (χ3n) is 3.35. The van der Waals surface area contributed by atoms with Crippen LogP contribution in [0.2, 0.25) is 5.02 Å². The van der Waals surface area contributed by atoms with Gasteiger partial charge < -0.3 is 0 Å². The molecule has 0 saturated heterocycles. The van der Waals surface area contributed by atoms with E-state index in [0.29, 0.717) is 21.4 Å². The van der Waals surface area contributed by atoms with Crippen LogP contribution in [0, 0.1) is 5.82 Å². The van der Waals surface area contributed by atoms with Crippen LogP contribution in [0.25, 0.3) is 0 Å². The molecule has 1 heterocycles. The predicted octanol–water partition coefficient (Wildman–Crippen LogP) is 4.62. The Labute approximate surface area is 143 Å². The molecule has 0 spiro atoms. The van der Waals surface area contributed by atoms with Crippen LogP contribution in [0.4, 0.5) is 10.1 Å². The Morgan fingerprint density at radius 2 is 1.87 bits per heavy atom. The summed E-state index contributed by atoms with van der Waals surface area (Å²) in [5.41, 5.74) is 1.09. The number of hydrogen-bond donors (Lipinski definition) is 0. The summed E-state index contributed by atoms with van der Waals surface area (Å²) < 4.78 is 13.1. The molecule has 0 bridgehead atoms. The molecule has 2 aromatic carbocycles. The Kier molecular flexibility index (Phi) is 4.68. The highest BCUT2D eigenvalue weighted by atomic mass is 35.5. The minimum absolute atomic E-state index is 0.158. The van der Waals surface area contributed by atoms with E-state index in [-0.39, 0.29) is 17.8 Å². The van der Waals surface area contributed by atoms with Crippen LogP contribution in [0.15, 0.2) is 53.5 Å². The van der Waals surface area contributed by atoms with E-state index in [1.165, 1.54) is 36.0 Å². The van der Waals surface area contributed by atoms with E-state index in [4.69, 9.17) is 11.6 Å². The van der Waals surface area contributed by atoms with Crippen molar-refractivity contribution in [1.29, 1.82) is 0 Å². The van der Waals surface area contributed by atoms with Crippen LogP contribution in [0.5, 0.6) is 0 Å². The van der Waals surface area contributed by atoms with Gasteiger partial charge in [0.2, 0.25) is 0 Å². The van der Waals surface area contributed by atoms with E-state index in [0.717, 1.165) is 5.75 Å². The second-order valence-corrected chi connectivity index (χ2v) is 6.62. The zero-order chi connectivity index (χ0) is 16.4. The highest BCUT2D eigenvalue weighted by Crippen LogP contribution is 2.28. The lowest BCUT2D eigenvalue weighted by molar-refractivity contribution is 0.100. The fraction of sp³-hybridized carbons (Fsp3) is 0.176. The normalized spacial score (nSPS) is 17.0. The summed E-state index contributed by atoms with van der Waals surface area (Å²) in [4.78, 5) is 19.0. The molecule has 0 saturated carbocycles. The van der Waals surface area contributed by atoms with E-state index in [1.807, 2.05) is 6.92 Å². The molecule has 0 aromatic heterocycles. The maximum absolute atomic E-state index is 13.1. The Morgan fingerprint density at radius 1 is 1.22 bits per heavy atom. The first-order valence-electron chi connectivity index (χ1n) is 7.11. The van der Waals surface area contributed by atoms with Gasteiger partial charge in [0.15, 0.2) is 5.17 Å². The van der Waals surface area contributed by atoms with E-state index in [2.05, 4.69) is 4.99 Å². The molecule has 0 unspecified atom stereocenters. The van der Waals surface area contributed by atoms with Crippen LogP contribution in [0.3, 0.4) is 0 Å². The molecule has 23 heavy (non-hydrogen) atoms. The first kappa shape index (κ1) is 16.0. The van der Waals surface area contributed by atoms with Gasteiger partial charge in [-0.1, -0.05) is 23.4 Å². The largest absolute Gasteiger partial charge is 0.268 e. The van der Waals surface area contributed by atoms with Crippen molar-refractivity contribution in [3.05, 3.63) is 64.9 Å². The first-order valence-corrected chi connectivity index (χ1v) is 8.47. The topological polar surface area (TPSA) is 32.7 Å². The van der Waals surface area contributed by atoms with E-state index in [9.17, 15) is 9.18 Å². The Balaban J connectivity index is 2.01. The molecule has 6 heteroatoms. The highest BCUT2D eigenvalue weighted by molar-refractivity contribution is 8.14. The van der Waals surface area contributed by atoms with Gasteiger partial charge in [-0.25, -0.2) is 4.39 Å². The van der Waals surface area contributed by atoms with Gasteiger partial charge in [-0.3, -0.25) is 14.7 Å². The average molecular weight is 349 g/mol. The maximum Gasteiger partial charge on any atom is 0.264 e. The summed E-state index contributed by atoms with van der Waals surface area (Å²) in [6.45, 7) is 2.00. The number of anilines is 1. The molecular weight excluding hydrogens is 335 g/mol. The SMILES string of the molecule is C[C@H]1CSC(N(C(=O)c2ccc(F)cc2)c2ccc(Cl)cc2)=N1. The molecule has 0 radical (unpaired) electrons. The van der Waals surface area contributed by atoms with E-state index in [1.54, 1.807) is 29.2 Å². The van der Waals surface area contributed by atoms with Crippen molar-refractivity contribution in [1.82, 2.24) is 0 Å². The summed E-state index contributed by atoms with van der Waals surface area (Å²) in [7, 11) is 0. The number of thioether (sulfide) groups is 1. The van der Waals surface area contributed by atoms with Gasteiger partial charge in [0, 0.05) is 16.3 Å². The minimum atomic E-state index is -0.374. The summed E-state index contributed by atoms with van der Waals surface area (Å²) in [5.74, 6) is 0.212. The van der Waals surface area contributed by atoms with Gasteiger partial charge >= 0.3 is 0 Å². The lowest BCUT2D eigenvalue weighted by atomic mass is 10.2. The minimum Gasteiger partial charge on any atom is -0.268 e. The van der Waals surface area contributed by atoms with Gasteiger partial charge in [0.05, 0.1) is 11.7 Å². The van der Waals surface area contributed by atoms with Crippen molar-refractivity contribution < 1.29 is 9.18 Å². The number of halogens is 2. The van der Waals surface area contributed by atoms with Crippen molar-refractivity contribution in [2.45, 2.75) is 13.0 Å². The van der Waals surface area contributed by atoms with Crippen molar-refractivity contribution in [3.8, 4) is 0 Å². The van der Waals surface area contributed by atoms with Gasteiger partial charge in [0.1, 0.15) is 5.82 Å². The number of hydrogen-bond acceptors (Lipinski definition) is 3. The molecule has 2 aromatic rings. The third-order valence-corrected chi connectivity index (χ3v) is 4.80. The number of nitrogens with zero attached hydrogens (tertiary/aromatic N) is 2. The van der Waals surface area contributed by atoms with Crippen LogP contribution in [-0.2, 0) is 0 Å². The van der Waals surface area contributed by atoms with Gasteiger partial charge in [-0.2, -0.15) is 0 Å². The van der Waals surface area contributed by atoms with Gasteiger partial charge in [0.25, 0.3) is 5.91 Å². The Morgan fingerprint density at radius 3 is 2.43 bits per heavy atom. The lowest BCUT2D eigenvalue weighted by Crippen LogP contribution is -2.34. The molecular formula is C17H14ClFN2OS. The zero-order valence-electron chi connectivity index (χ0n) is 12.4. The zero-order valence-corrected chi connectivity index (χ0v) is 13.9. The second kappa shape index (κ2) is 6.72. The number of carbonyl (C=O) groups excluding carboxylic acids is 1. The molecule has 3 rings (SSSR count). The van der Waals surface area contributed by atoms with Crippen molar-refractivity contribution in [2.24, 2.45) is 4.99 Å². The Bertz CT molecular complexity index is 746. The number of aliphatic imine (C=N–C) groups is 1. The van der Waals surface area contributed by atoms with Crippen molar-refractivity contribution >= 4 is 40.1 Å². The molecule has 1 aliphatic rings. The molecule has 0 fully saturated rings. The molecule has 3 nitrogen and oxygen atoms in total. The van der Waals surface area contributed by atoms with Gasteiger partial charge in [-0.05, 0) is 55.5 Å². The summed E-state index contributed by atoms with van der Waals surface area (Å²) in [5, 5.41) is 1.24. The summed E-state index contributed by atoms with van der Waals surface area (Å²) in [6.07, 6.45) is 0. The molecule has 1 atom stereocenters. The number of amides is 1. The highest BCUT2D eigenvalue weighted by Gasteiger charge is 2.27. The summed E-state index contributed by atoms with van der Waals surface area (Å²) in [6, 6.07) is 12.7. The molecule has 1 aliphatic heterocycles. The third kappa shape index (κ3) is 3.57. The maximum atomic E-state index is 13.1. The molecule has 0 N–H and O–H groups in total. The molecule has 0 aliphatic carbocycles. The smallest absolute Gasteiger partial charge is 0.264 e. The van der Waals surface area contributed by atoms with Gasteiger partial charge in [-0.15, -0.1) is 0 Å². The number of rotatable bonds is 2. The number of amidine groups is 1. The molecule has 118 valence electrons. The molecule has 1 amide bonds. The number of benzene rings is 2.